The summed E-state index contributed by atoms with van der Waals surface area (Å²) in [5, 5.41) is 5.70. The Labute approximate surface area is 146 Å². The summed E-state index contributed by atoms with van der Waals surface area (Å²) in [7, 11) is 0. The Bertz CT molecular complexity index is 761. The first kappa shape index (κ1) is 16.8. The van der Waals surface area contributed by atoms with Gasteiger partial charge in [-0.15, -0.1) is 0 Å². The number of rotatable bonds is 6. The highest BCUT2D eigenvalue weighted by molar-refractivity contribution is 5.79. The molecule has 0 radical (unpaired) electrons. The van der Waals surface area contributed by atoms with Gasteiger partial charge in [-0.05, 0) is 23.3 Å². The highest BCUT2D eigenvalue weighted by atomic mass is 16.7. The summed E-state index contributed by atoms with van der Waals surface area (Å²) in [5.41, 5.74) is 1.82. The van der Waals surface area contributed by atoms with Crippen LogP contribution in [0.1, 0.15) is 30.5 Å². The third-order valence-corrected chi connectivity index (χ3v) is 3.90. The van der Waals surface area contributed by atoms with Gasteiger partial charge in [0.1, 0.15) is 0 Å². The molecule has 1 aliphatic rings. The van der Waals surface area contributed by atoms with Gasteiger partial charge in [-0.3, -0.25) is 9.59 Å². The van der Waals surface area contributed by atoms with Crippen LogP contribution in [0, 0.1) is 0 Å². The molecule has 2 aromatic carbocycles. The summed E-state index contributed by atoms with van der Waals surface area (Å²) in [5.74, 6) is 1.09. The number of nitrogens with one attached hydrogen (secondary N) is 2. The molecule has 0 unspecified atom stereocenters. The maximum atomic E-state index is 12.3. The van der Waals surface area contributed by atoms with E-state index in [2.05, 4.69) is 10.6 Å². The van der Waals surface area contributed by atoms with E-state index in [-0.39, 0.29) is 31.1 Å². The molecule has 2 amide bonds. The highest BCUT2D eigenvalue weighted by Crippen LogP contribution is 2.32. The van der Waals surface area contributed by atoms with Crippen LogP contribution in [0.3, 0.4) is 0 Å². The van der Waals surface area contributed by atoms with E-state index in [9.17, 15) is 9.59 Å². The van der Waals surface area contributed by atoms with Gasteiger partial charge in [0.15, 0.2) is 11.5 Å². The average Bonchev–Trinajstić information content (AvgIpc) is 3.07. The first-order valence-electron chi connectivity index (χ1n) is 8.09. The van der Waals surface area contributed by atoms with E-state index < -0.39 is 0 Å². The minimum atomic E-state index is -0.351. The highest BCUT2D eigenvalue weighted by Gasteiger charge is 2.17. The second-order valence-electron chi connectivity index (χ2n) is 5.83. The smallest absolute Gasteiger partial charge is 0.231 e. The number of ether oxygens (including phenoxy) is 2. The van der Waals surface area contributed by atoms with Gasteiger partial charge in [-0.25, -0.2) is 0 Å². The Morgan fingerprint density at radius 3 is 2.60 bits per heavy atom. The Hall–Kier alpha value is -3.02. The molecule has 130 valence electrons. The molecule has 0 saturated carbocycles. The molecule has 0 saturated heterocycles. The van der Waals surface area contributed by atoms with Crippen molar-refractivity contribution in [2.45, 2.75) is 25.9 Å². The molecular formula is C19H20N2O4. The summed E-state index contributed by atoms with van der Waals surface area (Å²) in [6.45, 7) is 2.05. The Balaban J connectivity index is 1.59. The van der Waals surface area contributed by atoms with Gasteiger partial charge in [0.05, 0.1) is 12.5 Å². The quantitative estimate of drug-likeness (QED) is 0.846. The number of amides is 2. The van der Waals surface area contributed by atoms with Crippen LogP contribution in [0.2, 0.25) is 0 Å². The molecule has 6 heteroatoms. The fraction of sp³-hybridized carbons (Fsp3) is 0.263. The van der Waals surface area contributed by atoms with Crippen LogP contribution in [0.4, 0.5) is 0 Å². The summed E-state index contributed by atoms with van der Waals surface area (Å²) in [6, 6.07) is 14.7. The van der Waals surface area contributed by atoms with E-state index in [1.807, 2.05) is 48.5 Å². The monoisotopic (exact) mass is 340 g/mol. The van der Waals surface area contributed by atoms with Crippen LogP contribution in [0.5, 0.6) is 11.5 Å². The van der Waals surface area contributed by atoms with Crippen LogP contribution >= 0.6 is 0 Å². The number of carbonyl (C=O) groups excluding carboxylic acids is 2. The summed E-state index contributed by atoms with van der Waals surface area (Å²) in [4.78, 5) is 23.7. The lowest BCUT2D eigenvalue weighted by Gasteiger charge is -2.18. The molecule has 25 heavy (non-hydrogen) atoms. The van der Waals surface area contributed by atoms with Crippen LogP contribution in [-0.4, -0.2) is 18.6 Å². The zero-order chi connectivity index (χ0) is 17.6. The van der Waals surface area contributed by atoms with Crippen LogP contribution in [0.15, 0.2) is 48.5 Å². The van der Waals surface area contributed by atoms with Crippen LogP contribution in [-0.2, 0) is 16.1 Å². The van der Waals surface area contributed by atoms with Gasteiger partial charge in [0, 0.05) is 13.5 Å². The van der Waals surface area contributed by atoms with Crippen LogP contribution in [0.25, 0.3) is 0 Å². The van der Waals surface area contributed by atoms with E-state index in [4.69, 9.17) is 9.47 Å². The topological polar surface area (TPSA) is 76.7 Å². The molecule has 3 rings (SSSR count). The lowest BCUT2D eigenvalue weighted by Crippen LogP contribution is -2.32. The second kappa shape index (κ2) is 7.70. The summed E-state index contributed by atoms with van der Waals surface area (Å²) >= 11 is 0. The van der Waals surface area contributed by atoms with Crippen molar-refractivity contribution < 1.29 is 19.1 Å². The molecule has 2 N–H and O–H groups in total. The fourth-order valence-electron chi connectivity index (χ4n) is 2.69. The molecule has 6 nitrogen and oxygen atoms in total. The molecule has 1 aliphatic heterocycles. The predicted octanol–water partition coefficient (Wildman–Crippen LogP) is 2.30. The number of carbonyl (C=O) groups is 2. The third-order valence-electron chi connectivity index (χ3n) is 3.90. The molecule has 2 aromatic rings. The molecule has 0 spiro atoms. The first-order valence-corrected chi connectivity index (χ1v) is 8.09. The van der Waals surface area contributed by atoms with Gasteiger partial charge >= 0.3 is 0 Å². The molecule has 1 heterocycles. The minimum Gasteiger partial charge on any atom is -0.454 e. The van der Waals surface area contributed by atoms with Crippen molar-refractivity contribution in [3.05, 3.63) is 59.7 Å². The van der Waals surface area contributed by atoms with E-state index in [0.717, 1.165) is 11.1 Å². The third kappa shape index (κ3) is 4.50. The van der Waals surface area contributed by atoms with Crippen molar-refractivity contribution in [3.63, 3.8) is 0 Å². The van der Waals surface area contributed by atoms with Crippen molar-refractivity contribution in [1.82, 2.24) is 10.6 Å². The van der Waals surface area contributed by atoms with Gasteiger partial charge in [-0.1, -0.05) is 36.4 Å². The fourth-order valence-corrected chi connectivity index (χ4v) is 2.69. The summed E-state index contributed by atoms with van der Waals surface area (Å²) in [6.07, 6.45) is 0.175. The summed E-state index contributed by atoms with van der Waals surface area (Å²) < 4.78 is 10.6. The van der Waals surface area contributed by atoms with Crippen molar-refractivity contribution in [2.24, 2.45) is 0 Å². The van der Waals surface area contributed by atoms with E-state index in [1.54, 1.807) is 0 Å². The molecule has 1 atom stereocenters. The van der Waals surface area contributed by atoms with Gasteiger partial charge in [0.25, 0.3) is 0 Å². The normalized spacial score (nSPS) is 13.2. The Morgan fingerprint density at radius 1 is 1.08 bits per heavy atom. The zero-order valence-electron chi connectivity index (χ0n) is 14.0. The van der Waals surface area contributed by atoms with Crippen molar-refractivity contribution in [2.75, 3.05) is 6.79 Å². The SMILES string of the molecule is CC(=O)N[C@H](CC(=O)NCc1ccc2c(c1)OCO2)c1ccccc1. The van der Waals surface area contributed by atoms with Crippen molar-refractivity contribution in [3.8, 4) is 11.5 Å². The maximum absolute atomic E-state index is 12.3. The van der Waals surface area contributed by atoms with E-state index in [1.165, 1.54) is 6.92 Å². The maximum Gasteiger partial charge on any atom is 0.231 e. The second-order valence-corrected chi connectivity index (χ2v) is 5.83. The average molecular weight is 340 g/mol. The molecule has 0 aromatic heterocycles. The largest absolute Gasteiger partial charge is 0.454 e. The standard InChI is InChI=1S/C19H20N2O4/c1-13(22)21-16(15-5-3-2-4-6-15)10-19(23)20-11-14-7-8-17-18(9-14)25-12-24-17/h2-9,16H,10-12H2,1H3,(H,20,23)(H,21,22)/t16-/m1/s1. The Kier molecular flexibility index (Phi) is 5.18. The van der Waals surface area contributed by atoms with Gasteiger partial charge in [-0.2, -0.15) is 0 Å². The van der Waals surface area contributed by atoms with Crippen molar-refractivity contribution >= 4 is 11.8 Å². The lowest BCUT2D eigenvalue weighted by atomic mass is 10.0. The van der Waals surface area contributed by atoms with Crippen molar-refractivity contribution in [1.29, 1.82) is 0 Å². The van der Waals surface area contributed by atoms with E-state index in [0.29, 0.717) is 18.0 Å². The predicted molar refractivity (Wildman–Crippen MR) is 92.0 cm³/mol. The number of hydrogen-bond acceptors (Lipinski definition) is 4. The van der Waals surface area contributed by atoms with E-state index >= 15 is 0 Å². The molecule has 0 bridgehead atoms. The van der Waals surface area contributed by atoms with Gasteiger partial charge in [0.2, 0.25) is 18.6 Å². The molecule has 0 aliphatic carbocycles. The lowest BCUT2D eigenvalue weighted by molar-refractivity contribution is -0.122. The number of benzene rings is 2. The molecule has 0 fully saturated rings. The first-order chi connectivity index (χ1) is 12.1. The van der Waals surface area contributed by atoms with Gasteiger partial charge < -0.3 is 20.1 Å². The zero-order valence-corrected chi connectivity index (χ0v) is 14.0. The number of fused-ring (bicyclic) bond motifs is 1. The van der Waals surface area contributed by atoms with Crippen LogP contribution < -0.4 is 20.1 Å². The number of hydrogen-bond donors (Lipinski definition) is 2. The minimum absolute atomic E-state index is 0.139. The Morgan fingerprint density at radius 2 is 1.84 bits per heavy atom. The molecular weight excluding hydrogens is 320 g/mol.